The Morgan fingerprint density at radius 3 is 2.53 bits per heavy atom. The minimum Gasteiger partial charge on any atom is -0.378 e. The lowest BCUT2D eigenvalue weighted by Gasteiger charge is -2.25. The maximum atomic E-state index is 13.0. The Morgan fingerprint density at radius 2 is 1.94 bits per heavy atom. The molecule has 0 radical (unpaired) electrons. The van der Waals surface area contributed by atoms with Crippen LogP contribution in [-0.4, -0.2) is 12.7 Å². The fourth-order valence-corrected chi connectivity index (χ4v) is 2.20. The van der Waals surface area contributed by atoms with Crippen LogP contribution in [0.1, 0.15) is 37.3 Å². The van der Waals surface area contributed by atoms with Crippen molar-refractivity contribution < 1.29 is 13.5 Å². The number of rotatable bonds is 3. The summed E-state index contributed by atoms with van der Waals surface area (Å²) in [6.07, 6.45) is 3.92. The average Bonchev–Trinajstić information content (AvgIpc) is 2.29. The predicted octanol–water partition coefficient (Wildman–Crippen LogP) is 2.92. The summed E-state index contributed by atoms with van der Waals surface area (Å²) in [6, 6.07) is 3.06. The standard InChI is InChI=1S/C13H17F2NO/c14-10-5-9(6-11(15)7-10)13(16)8-12-3-1-2-4-17-12/h5-7,12-13H,1-4,8,16H2. The van der Waals surface area contributed by atoms with E-state index >= 15 is 0 Å². The summed E-state index contributed by atoms with van der Waals surface area (Å²) in [5.41, 5.74) is 6.45. The lowest BCUT2D eigenvalue weighted by Crippen LogP contribution is -2.25. The summed E-state index contributed by atoms with van der Waals surface area (Å²) in [5.74, 6) is -1.17. The van der Waals surface area contributed by atoms with Gasteiger partial charge in [0.15, 0.2) is 0 Å². The van der Waals surface area contributed by atoms with Gasteiger partial charge >= 0.3 is 0 Å². The van der Waals surface area contributed by atoms with E-state index in [0.717, 1.165) is 31.9 Å². The highest BCUT2D eigenvalue weighted by Crippen LogP contribution is 2.24. The lowest BCUT2D eigenvalue weighted by molar-refractivity contribution is 0.00726. The molecule has 1 aromatic rings. The van der Waals surface area contributed by atoms with E-state index in [1.807, 2.05) is 0 Å². The first-order chi connectivity index (χ1) is 8.15. The molecule has 1 aromatic carbocycles. The number of nitrogens with two attached hydrogens (primary N) is 1. The zero-order chi connectivity index (χ0) is 12.3. The van der Waals surface area contributed by atoms with Gasteiger partial charge in [0.25, 0.3) is 0 Å². The zero-order valence-corrected chi connectivity index (χ0v) is 9.66. The molecule has 2 rings (SSSR count). The van der Waals surface area contributed by atoms with Gasteiger partial charge in [-0.15, -0.1) is 0 Å². The monoisotopic (exact) mass is 241 g/mol. The van der Waals surface area contributed by atoms with Crippen LogP contribution < -0.4 is 5.73 Å². The maximum Gasteiger partial charge on any atom is 0.126 e. The molecular weight excluding hydrogens is 224 g/mol. The Bertz CT molecular complexity index is 357. The number of benzene rings is 1. The van der Waals surface area contributed by atoms with E-state index in [1.165, 1.54) is 12.1 Å². The van der Waals surface area contributed by atoms with Crippen molar-refractivity contribution in [2.45, 2.75) is 37.8 Å². The van der Waals surface area contributed by atoms with Crippen LogP contribution in [0.15, 0.2) is 18.2 Å². The number of hydrogen-bond acceptors (Lipinski definition) is 2. The Balaban J connectivity index is 2.00. The Kier molecular flexibility index (Phi) is 4.07. The number of ether oxygens (including phenoxy) is 1. The Hall–Kier alpha value is -1.00. The van der Waals surface area contributed by atoms with E-state index in [2.05, 4.69) is 0 Å². The summed E-state index contributed by atoms with van der Waals surface area (Å²) >= 11 is 0. The molecule has 94 valence electrons. The maximum absolute atomic E-state index is 13.0. The first-order valence-corrected chi connectivity index (χ1v) is 5.98. The Labute approximate surface area is 99.8 Å². The highest BCUT2D eigenvalue weighted by molar-refractivity contribution is 5.21. The van der Waals surface area contributed by atoms with Crippen molar-refractivity contribution in [3.05, 3.63) is 35.4 Å². The van der Waals surface area contributed by atoms with Gasteiger partial charge in [0.1, 0.15) is 11.6 Å². The summed E-state index contributed by atoms with van der Waals surface area (Å²) in [7, 11) is 0. The van der Waals surface area contributed by atoms with Gasteiger partial charge in [0.2, 0.25) is 0 Å². The third-order valence-corrected chi connectivity index (χ3v) is 3.10. The lowest BCUT2D eigenvalue weighted by atomic mass is 9.97. The molecule has 0 amide bonds. The molecule has 1 aliphatic rings. The fourth-order valence-electron chi connectivity index (χ4n) is 2.20. The molecule has 2 N–H and O–H groups in total. The van der Waals surface area contributed by atoms with Gasteiger partial charge < -0.3 is 10.5 Å². The molecule has 2 nitrogen and oxygen atoms in total. The van der Waals surface area contributed by atoms with Crippen LogP contribution in [0.5, 0.6) is 0 Å². The smallest absolute Gasteiger partial charge is 0.126 e. The SMILES string of the molecule is NC(CC1CCCCO1)c1cc(F)cc(F)c1. The molecule has 2 unspecified atom stereocenters. The van der Waals surface area contributed by atoms with Gasteiger partial charge in [-0.1, -0.05) is 0 Å². The zero-order valence-electron chi connectivity index (χ0n) is 9.66. The van der Waals surface area contributed by atoms with Crippen LogP contribution in [0, 0.1) is 11.6 Å². The number of hydrogen-bond donors (Lipinski definition) is 1. The molecule has 1 fully saturated rings. The molecule has 1 heterocycles. The molecule has 2 atom stereocenters. The second-order valence-electron chi connectivity index (χ2n) is 4.53. The molecule has 4 heteroatoms. The van der Waals surface area contributed by atoms with Crippen LogP contribution >= 0.6 is 0 Å². The van der Waals surface area contributed by atoms with Crippen molar-refractivity contribution in [1.82, 2.24) is 0 Å². The fraction of sp³-hybridized carbons (Fsp3) is 0.538. The van der Waals surface area contributed by atoms with E-state index in [9.17, 15) is 8.78 Å². The minimum absolute atomic E-state index is 0.116. The highest BCUT2D eigenvalue weighted by Gasteiger charge is 2.19. The third-order valence-electron chi connectivity index (χ3n) is 3.10. The summed E-state index contributed by atoms with van der Waals surface area (Å²) in [6.45, 7) is 0.759. The average molecular weight is 241 g/mol. The topological polar surface area (TPSA) is 35.2 Å². The van der Waals surface area contributed by atoms with Gasteiger partial charge in [-0.25, -0.2) is 8.78 Å². The first kappa shape index (κ1) is 12.5. The van der Waals surface area contributed by atoms with E-state index < -0.39 is 11.6 Å². The van der Waals surface area contributed by atoms with Crippen molar-refractivity contribution in [2.24, 2.45) is 5.73 Å². The molecule has 0 aromatic heterocycles. The van der Waals surface area contributed by atoms with Crippen LogP contribution in [0.3, 0.4) is 0 Å². The van der Waals surface area contributed by atoms with E-state index in [4.69, 9.17) is 10.5 Å². The van der Waals surface area contributed by atoms with E-state index in [0.29, 0.717) is 12.0 Å². The third kappa shape index (κ3) is 3.48. The van der Waals surface area contributed by atoms with E-state index in [1.54, 1.807) is 0 Å². The molecule has 1 saturated heterocycles. The van der Waals surface area contributed by atoms with Crippen LogP contribution in [-0.2, 0) is 4.74 Å². The van der Waals surface area contributed by atoms with Gasteiger partial charge in [0.05, 0.1) is 6.10 Å². The highest BCUT2D eigenvalue weighted by atomic mass is 19.1. The van der Waals surface area contributed by atoms with Gasteiger partial charge in [-0.2, -0.15) is 0 Å². The molecule has 0 bridgehead atoms. The van der Waals surface area contributed by atoms with Crippen molar-refractivity contribution in [3.63, 3.8) is 0 Å². The molecule has 1 aliphatic heterocycles. The largest absolute Gasteiger partial charge is 0.378 e. The van der Waals surface area contributed by atoms with Crippen molar-refractivity contribution in [2.75, 3.05) is 6.61 Å². The number of halogens is 2. The second-order valence-corrected chi connectivity index (χ2v) is 4.53. The van der Waals surface area contributed by atoms with Gasteiger partial charge in [-0.3, -0.25) is 0 Å². The summed E-state index contributed by atoms with van der Waals surface area (Å²) in [5, 5.41) is 0. The quantitative estimate of drug-likeness (QED) is 0.883. The van der Waals surface area contributed by atoms with Crippen molar-refractivity contribution >= 4 is 0 Å². The van der Waals surface area contributed by atoms with Crippen LogP contribution in [0.25, 0.3) is 0 Å². The van der Waals surface area contributed by atoms with Crippen molar-refractivity contribution in [3.8, 4) is 0 Å². The summed E-state index contributed by atoms with van der Waals surface area (Å²) < 4.78 is 31.6. The molecular formula is C13H17F2NO. The van der Waals surface area contributed by atoms with Crippen LogP contribution in [0.4, 0.5) is 8.78 Å². The van der Waals surface area contributed by atoms with Crippen molar-refractivity contribution in [1.29, 1.82) is 0 Å². The predicted molar refractivity (Wildman–Crippen MR) is 61.5 cm³/mol. The molecule has 0 spiro atoms. The molecule has 0 saturated carbocycles. The van der Waals surface area contributed by atoms with Gasteiger partial charge in [0, 0.05) is 18.7 Å². The molecule has 17 heavy (non-hydrogen) atoms. The molecule has 0 aliphatic carbocycles. The minimum atomic E-state index is -0.583. The normalized spacial score (nSPS) is 22.4. The Morgan fingerprint density at radius 1 is 1.24 bits per heavy atom. The first-order valence-electron chi connectivity index (χ1n) is 5.98. The van der Waals surface area contributed by atoms with Crippen LogP contribution in [0.2, 0.25) is 0 Å². The second kappa shape index (κ2) is 5.56. The van der Waals surface area contributed by atoms with Gasteiger partial charge in [-0.05, 0) is 43.4 Å². The summed E-state index contributed by atoms with van der Waals surface area (Å²) in [4.78, 5) is 0. The van der Waals surface area contributed by atoms with E-state index in [-0.39, 0.29) is 12.1 Å².